The number of likely N-dealkylation sites (N-methyl/N-ethyl adjacent to an activating group) is 1. The first-order valence-electron chi connectivity index (χ1n) is 7.76. The van der Waals surface area contributed by atoms with Crippen LogP contribution in [0.2, 0.25) is 0 Å². The van der Waals surface area contributed by atoms with Crippen LogP contribution in [-0.4, -0.2) is 59.6 Å². The summed E-state index contributed by atoms with van der Waals surface area (Å²) in [7, 11) is 0. The van der Waals surface area contributed by atoms with E-state index in [-0.39, 0.29) is 12.0 Å². The van der Waals surface area contributed by atoms with E-state index in [2.05, 4.69) is 11.8 Å². The normalized spacial score (nSPS) is 19.4. The fourth-order valence-electron chi connectivity index (χ4n) is 2.69. The predicted octanol–water partition coefficient (Wildman–Crippen LogP) is 1.73. The summed E-state index contributed by atoms with van der Waals surface area (Å²) in [4.78, 5) is 16.4. The molecule has 1 heterocycles. The summed E-state index contributed by atoms with van der Waals surface area (Å²) < 4.78 is 0. The molecule has 1 amide bonds. The Kier molecular flexibility index (Phi) is 7.39. The van der Waals surface area contributed by atoms with Crippen molar-refractivity contribution in [1.29, 1.82) is 0 Å². The summed E-state index contributed by atoms with van der Waals surface area (Å²) in [6.07, 6.45) is 4.01. The van der Waals surface area contributed by atoms with Gasteiger partial charge in [-0.2, -0.15) is 0 Å². The molecule has 1 saturated heterocycles. The van der Waals surface area contributed by atoms with Gasteiger partial charge in [-0.1, -0.05) is 13.3 Å². The first-order valence-corrected chi connectivity index (χ1v) is 7.76. The van der Waals surface area contributed by atoms with Crippen LogP contribution in [0, 0.1) is 5.92 Å². The largest absolute Gasteiger partial charge is 0.393 e. The van der Waals surface area contributed by atoms with Crippen molar-refractivity contribution in [2.24, 2.45) is 5.92 Å². The highest BCUT2D eigenvalue weighted by Gasteiger charge is 2.24. The Balaban J connectivity index is 2.32. The minimum atomic E-state index is -0.213. The zero-order chi connectivity index (χ0) is 14.3. The number of likely N-dealkylation sites (tertiary alicyclic amines) is 1. The van der Waals surface area contributed by atoms with Crippen LogP contribution in [0.4, 0.5) is 0 Å². The van der Waals surface area contributed by atoms with E-state index in [1.165, 1.54) is 0 Å². The molecule has 1 aliphatic heterocycles. The van der Waals surface area contributed by atoms with E-state index in [9.17, 15) is 9.90 Å². The lowest BCUT2D eigenvalue weighted by Crippen LogP contribution is -2.44. The maximum atomic E-state index is 12.2. The zero-order valence-corrected chi connectivity index (χ0v) is 12.8. The first kappa shape index (κ1) is 16.4. The number of piperidine rings is 1. The van der Waals surface area contributed by atoms with Crippen molar-refractivity contribution in [2.45, 2.75) is 52.6 Å². The fraction of sp³-hybridized carbons (Fsp3) is 0.933. The number of unbranched alkanes of at least 4 members (excludes halogenated alkanes) is 1. The van der Waals surface area contributed by atoms with Crippen molar-refractivity contribution >= 4 is 5.91 Å². The maximum Gasteiger partial charge on any atom is 0.236 e. The molecule has 0 aromatic carbocycles. The van der Waals surface area contributed by atoms with Crippen molar-refractivity contribution in [3.8, 4) is 0 Å². The molecule has 0 aromatic rings. The lowest BCUT2D eigenvalue weighted by atomic mass is 9.92. The molecule has 4 nitrogen and oxygen atoms in total. The van der Waals surface area contributed by atoms with Gasteiger partial charge < -0.3 is 10.0 Å². The molecule has 0 saturated carbocycles. The van der Waals surface area contributed by atoms with Crippen molar-refractivity contribution in [3.05, 3.63) is 0 Å². The Morgan fingerprint density at radius 1 is 1.37 bits per heavy atom. The third-order valence-corrected chi connectivity index (χ3v) is 4.19. The second-order valence-electron chi connectivity index (χ2n) is 5.68. The average molecular weight is 270 g/mol. The number of rotatable bonds is 7. The third kappa shape index (κ3) is 5.49. The van der Waals surface area contributed by atoms with Gasteiger partial charge in [-0.05, 0) is 52.1 Å². The summed E-state index contributed by atoms with van der Waals surface area (Å²) in [6, 6.07) is 0. The fourth-order valence-corrected chi connectivity index (χ4v) is 2.69. The van der Waals surface area contributed by atoms with Gasteiger partial charge in [0.15, 0.2) is 0 Å². The van der Waals surface area contributed by atoms with Crippen LogP contribution in [0.3, 0.4) is 0 Å². The van der Waals surface area contributed by atoms with Crippen LogP contribution in [0.5, 0.6) is 0 Å². The lowest BCUT2D eigenvalue weighted by molar-refractivity contribution is -0.132. The van der Waals surface area contributed by atoms with E-state index in [0.29, 0.717) is 12.5 Å². The summed E-state index contributed by atoms with van der Waals surface area (Å²) in [6.45, 7) is 10.2. The highest BCUT2D eigenvalue weighted by atomic mass is 16.3. The van der Waals surface area contributed by atoms with E-state index < -0.39 is 0 Å². The van der Waals surface area contributed by atoms with Crippen molar-refractivity contribution in [1.82, 2.24) is 9.80 Å². The Hall–Kier alpha value is -0.610. The van der Waals surface area contributed by atoms with Gasteiger partial charge in [-0.3, -0.25) is 9.69 Å². The summed E-state index contributed by atoms with van der Waals surface area (Å²) in [5.74, 6) is 0.667. The monoisotopic (exact) mass is 270 g/mol. The van der Waals surface area contributed by atoms with E-state index in [1.54, 1.807) is 0 Å². The van der Waals surface area contributed by atoms with E-state index >= 15 is 0 Å². The van der Waals surface area contributed by atoms with Crippen LogP contribution < -0.4 is 0 Å². The SMILES string of the molecule is CCCCN(CC)C(=O)CN1CCC(C(C)O)CC1. The highest BCUT2D eigenvalue weighted by molar-refractivity contribution is 5.78. The van der Waals surface area contributed by atoms with E-state index in [0.717, 1.165) is 51.9 Å². The molecule has 1 rings (SSSR count). The molecule has 1 atom stereocenters. The van der Waals surface area contributed by atoms with Gasteiger partial charge in [0.2, 0.25) is 5.91 Å². The molecule has 0 aromatic heterocycles. The average Bonchev–Trinajstić information content (AvgIpc) is 2.40. The third-order valence-electron chi connectivity index (χ3n) is 4.19. The molecule has 0 aliphatic carbocycles. The van der Waals surface area contributed by atoms with Gasteiger partial charge in [-0.25, -0.2) is 0 Å². The quantitative estimate of drug-likeness (QED) is 0.766. The first-order chi connectivity index (χ1) is 9.08. The summed E-state index contributed by atoms with van der Waals surface area (Å²) >= 11 is 0. The van der Waals surface area contributed by atoms with Gasteiger partial charge in [0.1, 0.15) is 0 Å². The van der Waals surface area contributed by atoms with Crippen LogP contribution in [-0.2, 0) is 4.79 Å². The molecular formula is C15H30N2O2. The number of aliphatic hydroxyl groups excluding tert-OH is 1. The van der Waals surface area contributed by atoms with Gasteiger partial charge in [0.05, 0.1) is 12.6 Å². The predicted molar refractivity (Wildman–Crippen MR) is 78.0 cm³/mol. The highest BCUT2D eigenvalue weighted by Crippen LogP contribution is 2.20. The molecule has 1 unspecified atom stereocenters. The molecule has 1 aliphatic rings. The van der Waals surface area contributed by atoms with Crippen LogP contribution in [0.1, 0.15) is 46.5 Å². The Morgan fingerprint density at radius 3 is 2.47 bits per heavy atom. The molecule has 0 radical (unpaired) electrons. The molecule has 1 N–H and O–H groups in total. The molecule has 112 valence electrons. The Bertz CT molecular complexity index is 261. The van der Waals surface area contributed by atoms with Gasteiger partial charge in [0.25, 0.3) is 0 Å². The molecule has 0 spiro atoms. The van der Waals surface area contributed by atoms with Crippen molar-refractivity contribution in [2.75, 3.05) is 32.7 Å². The lowest BCUT2D eigenvalue weighted by Gasteiger charge is -2.34. The minimum Gasteiger partial charge on any atom is -0.393 e. The summed E-state index contributed by atoms with van der Waals surface area (Å²) in [5, 5.41) is 9.57. The standard InChI is InChI=1S/C15H30N2O2/c1-4-6-9-17(5-2)15(19)12-16-10-7-14(8-11-16)13(3)18/h13-14,18H,4-12H2,1-3H3. The minimum absolute atomic E-state index is 0.213. The number of carbonyl (C=O) groups excluding carboxylic acids is 1. The van der Waals surface area contributed by atoms with Crippen LogP contribution >= 0.6 is 0 Å². The zero-order valence-electron chi connectivity index (χ0n) is 12.8. The number of amides is 1. The smallest absolute Gasteiger partial charge is 0.236 e. The van der Waals surface area contributed by atoms with E-state index in [4.69, 9.17) is 0 Å². The number of aliphatic hydroxyl groups is 1. The van der Waals surface area contributed by atoms with E-state index in [1.807, 2.05) is 18.7 Å². The molecule has 19 heavy (non-hydrogen) atoms. The number of hydrogen-bond acceptors (Lipinski definition) is 3. The molecule has 0 bridgehead atoms. The number of nitrogens with zero attached hydrogens (tertiary/aromatic N) is 2. The number of carbonyl (C=O) groups is 1. The number of hydrogen-bond donors (Lipinski definition) is 1. The summed E-state index contributed by atoms with van der Waals surface area (Å²) in [5.41, 5.74) is 0. The molecule has 4 heteroatoms. The van der Waals surface area contributed by atoms with Gasteiger partial charge >= 0.3 is 0 Å². The van der Waals surface area contributed by atoms with Gasteiger partial charge in [-0.15, -0.1) is 0 Å². The van der Waals surface area contributed by atoms with Crippen molar-refractivity contribution < 1.29 is 9.90 Å². The Labute approximate surface area is 117 Å². The van der Waals surface area contributed by atoms with Crippen LogP contribution in [0.25, 0.3) is 0 Å². The molecule has 1 fully saturated rings. The Morgan fingerprint density at radius 2 is 2.00 bits per heavy atom. The second kappa shape index (κ2) is 8.54. The van der Waals surface area contributed by atoms with Crippen LogP contribution in [0.15, 0.2) is 0 Å². The van der Waals surface area contributed by atoms with Gasteiger partial charge in [0, 0.05) is 13.1 Å². The maximum absolute atomic E-state index is 12.2. The second-order valence-corrected chi connectivity index (χ2v) is 5.68. The van der Waals surface area contributed by atoms with Crippen molar-refractivity contribution in [3.63, 3.8) is 0 Å². The molecular weight excluding hydrogens is 240 g/mol. The topological polar surface area (TPSA) is 43.8 Å².